The summed E-state index contributed by atoms with van der Waals surface area (Å²) in [6.45, 7) is 5.59. The van der Waals surface area contributed by atoms with E-state index in [1.807, 2.05) is 25.1 Å². The Bertz CT molecular complexity index is 414. The van der Waals surface area contributed by atoms with Crippen molar-refractivity contribution < 1.29 is 5.11 Å². The van der Waals surface area contributed by atoms with Gasteiger partial charge in [-0.1, -0.05) is 22.0 Å². The van der Waals surface area contributed by atoms with Crippen LogP contribution in [0, 0.1) is 17.2 Å². The molecule has 17 heavy (non-hydrogen) atoms. The summed E-state index contributed by atoms with van der Waals surface area (Å²) in [4.78, 5) is 2.15. The van der Waals surface area contributed by atoms with Gasteiger partial charge in [0.1, 0.15) is 0 Å². The van der Waals surface area contributed by atoms with E-state index < -0.39 is 0 Å². The van der Waals surface area contributed by atoms with Crippen molar-refractivity contribution in [3.05, 3.63) is 28.2 Å². The van der Waals surface area contributed by atoms with E-state index in [9.17, 15) is 0 Å². The third-order valence-electron chi connectivity index (χ3n) is 2.67. The van der Waals surface area contributed by atoms with Gasteiger partial charge in [-0.25, -0.2) is 0 Å². The Labute approximate surface area is 111 Å². The third kappa shape index (κ3) is 3.72. The Morgan fingerprint density at radius 3 is 2.71 bits per heavy atom. The van der Waals surface area contributed by atoms with Crippen LogP contribution in [-0.4, -0.2) is 18.2 Å². The van der Waals surface area contributed by atoms with Crippen molar-refractivity contribution in [3.63, 3.8) is 0 Å². The molecule has 0 radical (unpaired) electrons. The molecule has 1 atom stereocenters. The predicted molar refractivity (Wildman–Crippen MR) is 72.7 cm³/mol. The second kappa shape index (κ2) is 6.63. The number of rotatable bonds is 5. The van der Waals surface area contributed by atoms with Crippen LogP contribution in [0.25, 0.3) is 0 Å². The highest BCUT2D eigenvalue weighted by atomic mass is 79.9. The van der Waals surface area contributed by atoms with Gasteiger partial charge in [0.25, 0.3) is 0 Å². The number of hydrogen-bond donors (Lipinski definition) is 1. The molecule has 0 aliphatic heterocycles. The Morgan fingerprint density at radius 2 is 2.24 bits per heavy atom. The van der Waals surface area contributed by atoms with Crippen LogP contribution in [0.4, 0.5) is 5.69 Å². The highest BCUT2D eigenvalue weighted by Crippen LogP contribution is 2.24. The summed E-state index contributed by atoms with van der Waals surface area (Å²) in [5.41, 5.74) is 1.94. The van der Waals surface area contributed by atoms with Crippen molar-refractivity contribution >= 4 is 21.6 Å². The lowest BCUT2D eigenvalue weighted by Crippen LogP contribution is -2.27. The summed E-state index contributed by atoms with van der Waals surface area (Å²) < 4.78 is 0.903. The fourth-order valence-electron chi connectivity index (χ4n) is 1.65. The topological polar surface area (TPSA) is 47.3 Å². The molecule has 1 unspecified atom stereocenters. The second-order valence-corrected chi connectivity index (χ2v) is 4.86. The zero-order valence-electron chi connectivity index (χ0n) is 10.2. The highest BCUT2D eigenvalue weighted by Gasteiger charge is 2.10. The minimum absolute atomic E-state index is 0.00578. The second-order valence-electron chi connectivity index (χ2n) is 4.00. The number of anilines is 1. The van der Waals surface area contributed by atoms with E-state index in [-0.39, 0.29) is 12.5 Å². The van der Waals surface area contributed by atoms with Gasteiger partial charge in [0.15, 0.2) is 0 Å². The van der Waals surface area contributed by atoms with Crippen LogP contribution < -0.4 is 4.90 Å². The zero-order valence-corrected chi connectivity index (χ0v) is 11.7. The molecule has 0 spiro atoms. The Balaban J connectivity index is 2.89. The molecule has 0 bridgehead atoms. The van der Waals surface area contributed by atoms with Crippen molar-refractivity contribution in [2.45, 2.75) is 20.5 Å². The minimum atomic E-state index is 0.00578. The van der Waals surface area contributed by atoms with E-state index >= 15 is 0 Å². The van der Waals surface area contributed by atoms with Crippen LogP contribution >= 0.6 is 15.9 Å². The van der Waals surface area contributed by atoms with Gasteiger partial charge in [0.2, 0.25) is 0 Å². The fourth-order valence-corrected chi connectivity index (χ4v) is 2.14. The lowest BCUT2D eigenvalue weighted by molar-refractivity contribution is 0.281. The Kier molecular flexibility index (Phi) is 5.46. The fraction of sp³-hybridized carbons (Fsp3) is 0.462. The average Bonchev–Trinajstić information content (AvgIpc) is 2.35. The van der Waals surface area contributed by atoms with Crippen LogP contribution in [0.5, 0.6) is 0 Å². The molecule has 1 N–H and O–H groups in total. The monoisotopic (exact) mass is 296 g/mol. The van der Waals surface area contributed by atoms with E-state index in [1.54, 1.807) is 0 Å². The number of benzene rings is 1. The van der Waals surface area contributed by atoms with Gasteiger partial charge in [-0.05, 0) is 31.5 Å². The molecule has 0 aliphatic rings. The molecule has 1 aromatic carbocycles. The molecular weight excluding hydrogens is 280 g/mol. The summed E-state index contributed by atoms with van der Waals surface area (Å²) in [6.07, 6.45) is 0. The van der Waals surface area contributed by atoms with Crippen LogP contribution in [0.3, 0.4) is 0 Å². The lowest BCUT2D eigenvalue weighted by atomic mass is 10.1. The average molecular weight is 297 g/mol. The number of nitriles is 1. The molecule has 1 aromatic rings. The molecule has 1 rings (SSSR count). The summed E-state index contributed by atoms with van der Waals surface area (Å²) in [7, 11) is 0. The molecule has 0 heterocycles. The number of hydrogen-bond acceptors (Lipinski definition) is 3. The summed E-state index contributed by atoms with van der Waals surface area (Å²) in [6, 6.07) is 8.11. The Hall–Kier alpha value is -1.05. The number of nitrogens with zero attached hydrogens (tertiary/aromatic N) is 2. The first-order valence-electron chi connectivity index (χ1n) is 5.66. The summed E-state index contributed by atoms with van der Waals surface area (Å²) >= 11 is 3.44. The van der Waals surface area contributed by atoms with E-state index in [0.29, 0.717) is 0 Å². The van der Waals surface area contributed by atoms with Crippen molar-refractivity contribution in [1.29, 1.82) is 5.26 Å². The van der Waals surface area contributed by atoms with Crippen molar-refractivity contribution in [2.75, 3.05) is 18.0 Å². The van der Waals surface area contributed by atoms with Gasteiger partial charge in [0.05, 0.1) is 18.6 Å². The quantitative estimate of drug-likeness (QED) is 0.909. The molecule has 0 aromatic heterocycles. The first-order valence-corrected chi connectivity index (χ1v) is 6.45. The maximum Gasteiger partial charge on any atom is 0.0692 e. The number of halogens is 1. The first kappa shape index (κ1) is 14.0. The zero-order chi connectivity index (χ0) is 12.8. The molecule has 0 amide bonds. The van der Waals surface area contributed by atoms with Crippen LogP contribution in [0.15, 0.2) is 22.7 Å². The number of aliphatic hydroxyl groups excluding tert-OH is 1. The third-order valence-corrected chi connectivity index (χ3v) is 3.41. The van der Waals surface area contributed by atoms with Crippen LogP contribution in [0.1, 0.15) is 19.4 Å². The van der Waals surface area contributed by atoms with E-state index in [0.717, 1.165) is 28.8 Å². The largest absolute Gasteiger partial charge is 0.392 e. The molecule has 0 aliphatic carbocycles. The molecular formula is C13H17BrN2O. The van der Waals surface area contributed by atoms with Crippen LogP contribution in [0.2, 0.25) is 0 Å². The van der Waals surface area contributed by atoms with Gasteiger partial charge in [-0.2, -0.15) is 5.26 Å². The maximum absolute atomic E-state index is 9.10. The highest BCUT2D eigenvalue weighted by molar-refractivity contribution is 9.10. The molecule has 92 valence electrons. The summed E-state index contributed by atoms with van der Waals surface area (Å²) in [5, 5.41) is 17.9. The normalized spacial score (nSPS) is 11.9. The Morgan fingerprint density at radius 1 is 1.53 bits per heavy atom. The smallest absolute Gasteiger partial charge is 0.0692 e. The van der Waals surface area contributed by atoms with Gasteiger partial charge in [-0.15, -0.1) is 0 Å². The van der Waals surface area contributed by atoms with Crippen molar-refractivity contribution in [3.8, 4) is 6.07 Å². The minimum Gasteiger partial charge on any atom is -0.392 e. The molecule has 4 heteroatoms. The standard InChI is InChI=1S/C13H17BrN2O/c1-3-16(8-10(2)7-15)12-5-4-11(9-17)13(14)6-12/h4-6,10,17H,3,8-9H2,1-2H3. The molecule has 0 saturated carbocycles. The molecule has 0 fully saturated rings. The van der Waals surface area contributed by atoms with Crippen molar-refractivity contribution in [1.82, 2.24) is 0 Å². The molecule has 3 nitrogen and oxygen atoms in total. The van der Waals surface area contributed by atoms with Gasteiger partial charge >= 0.3 is 0 Å². The van der Waals surface area contributed by atoms with Crippen molar-refractivity contribution in [2.24, 2.45) is 5.92 Å². The van der Waals surface area contributed by atoms with Gasteiger partial charge in [0, 0.05) is 23.2 Å². The lowest BCUT2D eigenvalue weighted by Gasteiger charge is -2.24. The van der Waals surface area contributed by atoms with E-state index in [1.165, 1.54) is 0 Å². The number of aliphatic hydroxyl groups is 1. The SMILES string of the molecule is CCN(CC(C)C#N)c1ccc(CO)c(Br)c1. The molecule has 0 saturated heterocycles. The van der Waals surface area contributed by atoms with Gasteiger partial charge in [-0.3, -0.25) is 0 Å². The first-order chi connectivity index (χ1) is 8.12. The van der Waals surface area contributed by atoms with E-state index in [2.05, 4.69) is 33.8 Å². The van der Waals surface area contributed by atoms with Gasteiger partial charge < -0.3 is 10.0 Å². The predicted octanol–water partition coefficient (Wildman–Crippen LogP) is 2.93. The van der Waals surface area contributed by atoms with E-state index in [4.69, 9.17) is 10.4 Å². The summed E-state index contributed by atoms with van der Waals surface area (Å²) in [5.74, 6) is 0.00578. The maximum atomic E-state index is 9.10. The van der Waals surface area contributed by atoms with Crippen LogP contribution in [-0.2, 0) is 6.61 Å².